The summed E-state index contributed by atoms with van der Waals surface area (Å²) in [6.07, 6.45) is 12.0. The number of aromatic nitrogens is 6. The van der Waals surface area contributed by atoms with E-state index in [2.05, 4.69) is 25.8 Å². The van der Waals surface area contributed by atoms with Crippen molar-refractivity contribution in [3.05, 3.63) is 54.2 Å². The first-order valence-electron chi connectivity index (χ1n) is 11.4. The van der Waals surface area contributed by atoms with Gasteiger partial charge >= 0.3 is 0 Å². The van der Waals surface area contributed by atoms with Crippen LogP contribution in [-0.4, -0.2) is 42.1 Å². The fourth-order valence-electron chi connectivity index (χ4n) is 5.01. The Morgan fingerprint density at radius 1 is 1.21 bits per heavy atom. The maximum absolute atomic E-state index is 13.0. The van der Waals surface area contributed by atoms with Crippen LogP contribution in [0.2, 0.25) is 0 Å². The van der Waals surface area contributed by atoms with Gasteiger partial charge in [-0.1, -0.05) is 30.5 Å². The van der Waals surface area contributed by atoms with Gasteiger partial charge in [-0.05, 0) is 44.4 Å². The van der Waals surface area contributed by atoms with Crippen molar-refractivity contribution in [3.63, 3.8) is 0 Å². The highest BCUT2D eigenvalue weighted by molar-refractivity contribution is 6.08. The Balaban J connectivity index is 1.83. The first kappa shape index (κ1) is 21.1. The number of amides is 1. The normalized spacial score (nSPS) is 15.7. The lowest BCUT2D eigenvalue weighted by Gasteiger charge is -2.38. The molecule has 1 aliphatic rings. The standard InChI is InChI=1S/C24H28N8O/c1-15(2)29-21-18-12-16(17-13-27-28-14-17)6-7-19(18)30-22(20(21)23(25)33)24(8-4-3-5-9-24)32-11-10-26-31-32/h6-7,10-15H,3-5,8-9H2,1-2H3,(H2,25,33)(H,27,28)(H,29,30). The maximum atomic E-state index is 13.0. The summed E-state index contributed by atoms with van der Waals surface area (Å²) in [5, 5.41) is 19.7. The number of pyridine rings is 1. The van der Waals surface area contributed by atoms with E-state index in [-0.39, 0.29) is 6.04 Å². The summed E-state index contributed by atoms with van der Waals surface area (Å²) < 4.78 is 1.87. The van der Waals surface area contributed by atoms with Gasteiger partial charge in [0, 0.05) is 29.4 Å². The van der Waals surface area contributed by atoms with Gasteiger partial charge in [0.2, 0.25) is 0 Å². The van der Waals surface area contributed by atoms with Crippen molar-refractivity contribution in [1.29, 1.82) is 0 Å². The van der Waals surface area contributed by atoms with E-state index in [0.717, 1.165) is 54.1 Å². The highest BCUT2D eigenvalue weighted by Crippen LogP contribution is 2.44. The highest BCUT2D eigenvalue weighted by atomic mass is 16.1. The predicted molar refractivity (Wildman–Crippen MR) is 127 cm³/mol. The lowest BCUT2D eigenvalue weighted by molar-refractivity contribution is 0.0994. The fourth-order valence-corrected chi connectivity index (χ4v) is 5.01. The van der Waals surface area contributed by atoms with Crippen molar-refractivity contribution in [3.8, 4) is 11.1 Å². The van der Waals surface area contributed by atoms with Crippen molar-refractivity contribution in [2.45, 2.75) is 57.5 Å². The lowest BCUT2D eigenvalue weighted by atomic mass is 9.76. The first-order valence-corrected chi connectivity index (χ1v) is 11.4. The molecule has 1 amide bonds. The van der Waals surface area contributed by atoms with Crippen molar-refractivity contribution in [2.24, 2.45) is 5.73 Å². The van der Waals surface area contributed by atoms with E-state index < -0.39 is 11.4 Å². The monoisotopic (exact) mass is 444 g/mol. The Morgan fingerprint density at radius 3 is 2.67 bits per heavy atom. The van der Waals surface area contributed by atoms with Crippen LogP contribution < -0.4 is 11.1 Å². The molecule has 4 N–H and O–H groups in total. The minimum atomic E-state index is -0.566. The van der Waals surface area contributed by atoms with E-state index in [1.165, 1.54) is 0 Å². The Labute approximate surface area is 191 Å². The molecule has 0 radical (unpaired) electrons. The molecular formula is C24H28N8O. The predicted octanol–water partition coefficient (Wildman–Crippen LogP) is 3.84. The second-order valence-electron chi connectivity index (χ2n) is 9.03. The molecule has 4 aromatic rings. The average molecular weight is 445 g/mol. The van der Waals surface area contributed by atoms with E-state index in [1.54, 1.807) is 12.4 Å². The molecule has 3 heterocycles. The third-order valence-corrected chi connectivity index (χ3v) is 6.48. The number of anilines is 1. The molecule has 5 rings (SSSR count). The molecular weight excluding hydrogens is 416 g/mol. The summed E-state index contributed by atoms with van der Waals surface area (Å²) in [6.45, 7) is 4.09. The number of H-pyrrole nitrogens is 1. The molecule has 1 fully saturated rings. The van der Waals surface area contributed by atoms with Gasteiger partial charge in [0.25, 0.3) is 5.91 Å². The van der Waals surface area contributed by atoms with Gasteiger partial charge < -0.3 is 11.1 Å². The van der Waals surface area contributed by atoms with E-state index in [4.69, 9.17) is 10.7 Å². The number of nitrogens with one attached hydrogen (secondary N) is 2. The number of nitrogens with zero attached hydrogens (tertiary/aromatic N) is 5. The molecule has 33 heavy (non-hydrogen) atoms. The molecule has 1 aromatic carbocycles. The van der Waals surface area contributed by atoms with Crippen LogP contribution in [0.1, 0.15) is 62.0 Å². The number of carbonyl (C=O) groups is 1. The Hall–Kier alpha value is -3.75. The van der Waals surface area contributed by atoms with Crippen LogP contribution in [0.4, 0.5) is 5.69 Å². The Bertz CT molecular complexity index is 1270. The van der Waals surface area contributed by atoms with Crippen LogP contribution in [-0.2, 0) is 5.54 Å². The SMILES string of the molecule is CC(C)Nc1c(C(N)=O)c(C2(n3ccnn3)CCCCC2)nc2ccc(-c3cn[nH]c3)cc12. The third kappa shape index (κ3) is 3.63. The van der Waals surface area contributed by atoms with Gasteiger partial charge in [-0.25, -0.2) is 9.67 Å². The number of hydrogen-bond donors (Lipinski definition) is 3. The number of nitrogens with two attached hydrogens (primary N) is 1. The molecule has 1 aliphatic carbocycles. The summed E-state index contributed by atoms with van der Waals surface area (Å²) in [6, 6.07) is 6.15. The van der Waals surface area contributed by atoms with Crippen molar-refractivity contribution >= 4 is 22.5 Å². The molecule has 0 bridgehead atoms. The van der Waals surface area contributed by atoms with Gasteiger partial charge in [-0.3, -0.25) is 9.89 Å². The highest BCUT2D eigenvalue weighted by Gasteiger charge is 2.42. The maximum Gasteiger partial charge on any atom is 0.252 e. The largest absolute Gasteiger partial charge is 0.382 e. The van der Waals surface area contributed by atoms with Crippen LogP contribution in [0.3, 0.4) is 0 Å². The zero-order valence-corrected chi connectivity index (χ0v) is 18.9. The number of rotatable bonds is 6. The molecule has 0 aliphatic heterocycles. The van der Waals surface area contributed by atoms with Crippen LogP contribution in [0.15, 0.2) is 43.0 Å². The number of fused-ring (bicyclic) bond motifs is 1. The van der Waals surface area contributed by atoms with Crippen molar-refractivity contribution < 1.29 is 4.79 Å². The Kier molecular flexibility index (Phi) is 5.32. The summed E-state index contributed by atoms with van der Waals surface area (Å²) in [5.74, 6) is -0.499. The fraction of sp³-hybridized carbons (Fsp3) is 0.375. The van der Waals surface area contributed by atoms with Crippen LogP contribution in [0.25, 0.3) is 22.0 Å². The molecule has 3 aromatic heterocycles. The zero-order valence-electron chi connectivity index (χ0n) is 18.9. The molecule has 1 saturated carbocycles. The lowest BCUT2D eigenvalue weighted by Crippen LogP contribution is -2.41. The minimum absolute atomic E-state index is 0.0906. The van der Waals surface area contributed by atoms with E-state index in [1.807, 2.05) is 49.1 Å². The first-order chi connectivity index (χ1) is 16.0. The quantitative estimate of drug-likeness (QED) is 0.415. The molecule has 170 valence electrons. The number of primary amides is 1. The van der Waals surface area contributed by atoms with Crippen LogP contribution in [0.5, 0.6) is 0 Å². The molecule has 0 spiro atoms. The van der Waals surface area contributed by atoms with Crippen LogP contribution in [0, 0.1) is 0 Å². The van der Waals surface area contributed by atoms with E-state index in [0.29, 0.717) is 16.9 Å². The second-order valence-corrected chi connectivity index (χ2v) is 9.03. The van der Waals surface area contributed by atoms with E-state index >= 15 is 0 Å². The summed E-state index contributed by atoms with van der Waals surface area (Å²) >= 11 is 0. The Morgan fingerprint density at radius 2 is 2.03 bits per heavy atom. The summed E-state index contributed by atoms with van der Waals surface area (Å²) in [7, 11) is 0. The molecule has 0 atom stereocenters. The number of carbonyl (C=O) groups excluding carboxylic acids is 1. The number of aromatic amines is 1. The molecule has 0 unspecified atom stereocenters. The van der Waals surface area contributed by atoms with Gasteiger partial charge in [0.1, 0.15) is 5.54 Å². The summed E-state index contributed by atoms with van der Waals surface area (Å²) in [5.41, 5.74) is 10.1. The van der Waals surface area contributed by atoms with Gasteiger partial charge in [0.15, 0.2) is 0 Å². The second kappa shape index (κ2) is 8.31. The summed E-state index contributed by atoms with van der Waals surface area (Å²) in [4.78, 5) is 18.1. The van der Waals surface area contributed by atoms with Crippen molar-refractivity contribution in [1.82, 2.24) is 30.2 Å². The number of benzene rings is 1. The van der Waals surface area contributed by atoms with Crippen LogP contribution >= 0.6 is 0 Å². The van der Waals surface area contributed by atoms with Gasteiger partial charge in [-0.15, -0.1) is 5.10 Å². The third-order valence-electron chi connectivity index (χ3n) is 6.48. The molecule has 9 heteroatoms. The molecule has 0 saturated heterocycles. The topological polar surface area (TPSA) is 127 Å². The zero-order chi connectivity index (χ0) is 23.0. The minimum Gasteiger partial charge on any atom is -0.382 e. The van der Waals surface area contributed by atoms with E-state index in [9.17, 15) is 4.79 Å². The smallest absolute Gasteiger partial charge is 0.252 e. The van der Waals surface area contributed by atoms with Gasteiger partial charge in [-0.2, -0.15) is 5.10 Å². The van der Waals surface area contributed by atoms with Gasteiger partial charge in [0.05, 0.1) is 34.9 Å². The average Bonchev–Trinajstić information content (AvgIpc) is 3.53. The van der Waals surface area contributed by atoms with Crippen molar-refractivity contribution in [2.75, 3.05) is 5.32 Å². The molecule has 9 nitrogen and oxygen atoms in total. The number of hydrogen-bond acceptors (Lipinski definition) is 6.